The van der Waals surface area contributed by atoms with E-state index >= 15 is 0 Å². The lowest BCUT2D eigenvalue weighted by Crippen LogP contribution is -2.27. The maximum absolute atomic E-state index is 13.0. The van der Waals surface area contributed by atoms with E-state index in [-0.39, 0.29) is 17.5 Å². The number of amides is 1. The number of carbonyl (C=O) groups is 1. The molecule has 2 aromatic heterocycles. The average molecular weight is 396 g/mol. The van der Waals surface area contributed by atoms with Crippen LogP contribution in [0.5, 0.6) is 0 Å². The monoisotopic (exact) mass is 396 g/mol. The lowest BCUT2D eigenvalue weighted by Gasteiger charge is -2.16. The molecule has 2 heterocycles. The molecule has 1 N–H and O–H groups in total. The van der Waals surface area contributed by atoms with Crippen LogP contribution >= 0.6 is 11.8 Å². The number of thioether (sulfide) groups is 1. The first kappa shape index (κ1) is 18.2. The van der Waals surface area contributed by atoms with E-state index in [0.717, 1.165) is 22.0 Å². The fourth-order valence-electron chi connectivity index (χ4n) is 2.81. The number of rotatable bonds is 6. The third-order valence-electron chi connectivity index (χ3n) is 4.30. The van der Waals surface area contributed by atoms with Crippen LogP contribution in [0.2, 0.25) is 0 Å². The average Bonchev–Trinajstić information content (AvgIpc) is 3.34. The predicted octanol–water partition coefficient (Wildman–Crippen LogP) is 4.11. The Balaban J connectivity index is 1.37. The topological polar surface area (TPSA) is 75.0 Å². The molecule has 0 unspecified atom stereocenters. The number of H-pyrrole nitrogens is 1. The molecule has 0 saturated heterocycles. The Bertz CT molecular complexity index is 1110. The first-order valence-corrected chi connectivity index (χ1v) is 9.60. The Kier molecular flexibility index (Phi) is 5.12. The number of nitrogens with zero attached hydrogens (tertiary/aromatic N) is 3. The van der Waals surface area contributed by atoms with Gasteiger partial charge in [0, 0.05) is 30.7 Å². The second-order valence-electron chi connectivity index (χ2n) is 6.29. The highest BCUT2D eigenvalue weighted by Crippen LogP contribution is 2.29. The molecule has 8 heteroatoms. The lowest BCUT2D eigenvalue weighted by atomic mass is 10.2. The van der Waals surface area contributed by atoms with Crippen LogP contribution in [0.3, 0.4) is 0 Å². The standard InChI is InChI=1S/C20H17FN4O2S/c1-25(11-13-6-8-14(21)9-7-13)18(26)12-28-20-24-23-19(27-20)16-10-22-17-5-3-2-4-15(16)17/h2-10,22H,11-12H2,1H3. The largest absolute Gasteiger partial charge is 0.411 e. The van der Waals surface area contributed by atoms with Gasteiger partial charge in [0.1, 0.15) is 5.82 Å². The van der Waals surface area contributed by atoms with Crippen LogP contribution in [-0.2, 0) is 11.3 Å². The number of hydrogen-bond donors (Lipinski definition) is 1. The SMILES string of the molecule is CN(Cc1ccc(F)cc1)C(=O)CSc1nnc(-c2c[nH]c3ccccc23)o1. The van der Waals surface area contributed by atoms with Crippen LogP contribution in [0.1, 0.15) is 5.56 Å². The van der Waals surface area contributed by atoms with E-state index < -0.39 is 0 Å². The number of nitrogens with one attached hydrogen (secondary N) is 1. The summed E-state index contributed by atoms with van der Waals surface area (Å²) in [6.07, 6.45) is 1.83. The van der Waals surface area contributed by atoms with Crippen molar-refractivity contribution in [1.29, 1.82) is 0 Å². The summed E-state index contributed by atoms with van der Waals surface area (Å²) in [6.45, 7) is 0.407. The van der Waals surface area contributed by atoms with Crippen LogP contribution < -0.4 is 0 Å². The summed E-state index contributed by atoms with van der Waals surface area (Å²) in [6, 6.07) is 13.9. The summed E-state index contributed by atoms with van der Waals surface area (Å²) >= 11 is 1.19. The van der Waals surface area contributed by atoms with E-state index in [1.165, 1.54) is 23.9 Å². The number of aromatic amines is 1. The molecule has 142 valence electrons. The first-order chi connectivity index (χ1) is 13.6. The van der Waals surface area contributed by atoms with E-state index in [4.69, 9.17) is 4.42 Å². The number of halogens is 1. The van der Waals surface area contributed by atoms with Crippen molar-refractivity contribution in [2.75, 3.05) is 12.8 Å². The molecule has 6 nitrogen and oxygen atoms in total. The zero-order valence-corrected chi connectivity index (χ0v) is 15.9. The normalized spacial score (nSPS) is 11.1. The Morgan fingerprint density at radius 1 is 1.18 bits per heavy atom. The highest BCUT2D eigenvalue weighted by atomic mass is 32.2. The molecular weight excluding hydrogens is 379 g/mol. The number of fused-ring (bicyclic) bond motifs is 1. The molecule has 0 saturated carbocycles. The summed E-state index contributed by atoms with van der Waals surface area (Å²) in [4.78, 5) is 17.1. The minimum absolute atomic E-state index is 0.0823. The van der Waals surface area contributed by atoms with Crippen molar-refractivity contribution >= 4 is 28.6 Å². The van der Waals surface area contributed by atoms with Gasteiger partial charge in [0.25, 0.3) is 11.1 Å². The van der Waals surface area contributed by atoms with Crippen molar-refractivity contribution in [2.45, 2.75) is 11.8 Å². The zero-order valence-electron chi connectivity index (χ0n) is 15.1. The fourth-order valence-corrected chi connectivity index (χ4v) is 3.51. The molecule has 2 aromatic carbocycles. The van der Waals surface area contributed by atoms with Crippen LogP contribution in [0, 0.1) is 5.82 Å². The van der Waals surface area contributed by atoms with E-state index in [1.54, 1.807) is 24.1 Å². The molecule has 4 aromatic rings. The summed E-state index contributed by atoms with van der Waals surface area (Å²) in [7, 11) is 1.71. The number of benzene rings is 2. The zero-order chi connectivity index (χ0) is 19.5. The molecule has 0 atom stereocenters. The number of carbonyl (C=O) groups excluding carboxylic acids is 1. The fraction of sp³-hybridized carbons (Fsp3) is 0.150. The van der Waals surface area contributed by atoms with Crippen LogP contribution in [-0.4, -0.2) is 38.8 Å². The van der Waals surface area contributed by atoms with Gasteiger partial charge in [-0.25, -0.2) is 4.39 Å². The molecule has 1 amide bonds. The van der Waals surface area contributed by atoms with Gasteiger partial charge in [-0.3, -0.25) is 4.79 Å². The molecule has 0 fully saturated rings. The molecule has 0 radical (unpaired) electrons. The lowest BCUT2D eigenvalue weighted by molar-refractivity contribution is -0.127. The molecule has 0 aliphatic heterocycles. The van der Waals surface area contributed by atoms with Crippen molar-refractivity contribution in [2.24, 2.45) is 0 Å². The molecular formula is C20H17FN4O2S. The van der Waals surface area contributed by atoms with Gasteiger partial charge in [0.05, 0.1) is 11.3 Å². The summed E-state index contributed by atoms with van der Waals surface area (Å²) in [5.74, 6) is 0.205. The van der Waals surface area contributed by atoms with Gasteiger partial charge in [-0.1, -0.05) is 42.1 Å². The molecule has 4 rings (SSSR count). The van der Waals surface area contributed by atoms with E-state index in [1.807, 2.05) is 30.5 Å². The number of para-hydroxylation sites is 1. The van der Waals surface area contributed by atoms with Crippen molar-refractivity contribution in [3.05, 3.63) is 66.1 Å². The van der Waals surface area contributed by atoms with Gasteiger partial charge >= 0.3 is 0 Å². The van der Waals surface area contributed by atoms with Crippen molar-refractivity contribution in [3.63, 3.8) is 0 Å². The van der Waals surface area contributed by atoms with Crippen molar-refractivity contribution in [1.82, 2.24) is 20.1 Å². The summed E-state index contributed by atoms with van der Waals surface area (Å²) in [5.41, 5.74) is 2.68. The Morgan fingerprint density at radius 3 is 2.79 bits per heavy atom. The molecule has 0 spiro atoms. The molecule has 0 aliphatic carbocycles. The smallest absolute Gasteiger partial charge is 0.277 e. The molecule has 0 aliphatic rings. The van der Waals surface area contributed by atoms with Crippen molar-refractivity contribution in [3.8, 4) is 11.5 Å². The Hall–Kier alpha value is -3.13. The highest BCUT2D eigenvalue weighted by Gasteiger charge is 2.16. The second kappa shape index (κ2) is 7.85. The van der Waals surface area contributed by atoms with Crippen molar-refractivity contribution < 1.29 is 13.6 Å². The van der Waals surface area contributed by atoms with E-state index in [0.29, 0.717) is 17.7 Å². The maximum atomic E-state index is 13.0. The quantitative estimate of drug-likeness (QED) is 0.497. The van der Waals surface area contributed by atoms with E-state index in [9.17, 15) is 9.18 Å². The molecule has 28 heavy (non-hydrogen) atoms. The summed E-state index contributed by atoms with van der Waals surface area (Å²) < 4.78 is 18.7. The second-order valence-corrected chi connectivity index (χ2v) is 7.21. The van der Waals surface area contributed by atoms with Crippen LogP contribution in [0.25, 0.3) is 22.4 Å². The van der Waals surface area contributed by atoms with Gasteiger partial charge in [-0.05, 0) is 23.8 Å². The van der Waals surface area contributed by atoms with Gasteiger partial charge in [0.15, 0.2) is 0 Å². The van der Waals surface area contributed by atoms with Gasteiger partial charge in [0.2, 0.25) is 5.91 Å². The van der Waals surface area contributed by atoms with Gasteiger partial charge in [-0.2, -0.15) is 0 Å². The summed E-state index contributed by atoms with van der Waals surface area (Å²) in [5, 5.41) is 9.45. The Morgan fingerprint density at radius 2 is 1.96 bits per heavy atom. The third-order valence-corrected chi connectivity index (χ3v) is 5.11. The predicted molar refractivity (Wildman–Crippen MR) is 105 cm³/mol. The van der Waals surface area contributed by atoms with Gasteiger partial charge in [-0.15, -0.1) is 10.2 Å². The van der Waals surface area contributed by atoms with Gasteiger partial charge < -0.3 is 14.3 Å². The third kappa shape index (κ3) is 3.91. The van der Waals surface area contributed by atoms with Crippen LogP contribution in [0.15, 0.2) is 64.4 Å². The van der Waals surface area contributed by atoms with Crippen LogP contribution in [0.4, 0.5) is 4.39 Å². The number of hydrogen-bond acceptors (Lipinski definition) is 5. The number of aromatic nitrogens is 3. The minimum Gasteiger partial charge on any atom is -0.411 e. The molecule has 0 bridgehead atoms. The minimum atomic E-state index is -0.296. The van der Waals surface area contributed by atoms with E-state index in [2.05, 4.69) is 15.2 Å². The maximum Gasteiger partial charge on any atom is 0.277 e. The first-order valence-electron chi connectivity index (χ1n) is 8.61. The Labute approximate surface area is 164 Å². The highest BCUT2D eigenvalue weighted by molar-refractivity contribution is 7.99.